The van der Waals surface area contributed by atoms with E-state index in [-0.39, 0.29) is 0 Å². The van der Waals surface area contributed by atoms with Crippen molar-refractivity contribution in [2.24, 2.45) is 0 Å². The van der Waals surface area contributed by atoms with Crippen LogP contribution in [0.3, 0.4) is 0 Å². The lowest BCUT2D eigenvalue weighted by Crippen LogP contribution is -2.18. The molecule has 3 aromatic carbocycles. The van der Waals surface area contributed by atoms with Gasteiger partial charge in [0.15, 0.2) is 0 Å². The molecule has 1 unspecified atom stereocenters. The minimum absolute atomic E-state index is 0.328. The van der Waals surface area contributed by atoms with Crippen LogP contribution >= 0.6 is 22.6 Å². The zero-order chi connectivity index (χ0) is 14.7. The second kappa shape index (κ2) is 6.58. The molecule has 0 aliphatic rings. The highest BCUT2D eigenvalue weighted by molar-refractivity contribution is 14.1. The zero-order valence-electron chi connectivity index (χ0n) is 12.0. The van der Waals surface area contributed by atoms with E-state index < -0.39 is 0 Å². The van der Waals surface area contributed by atoms with Crippen molar-refractivity contribution in [3.63, 3.8) is 0 Å². The van der Waals surface area contributed by atoms with Crippen molar-refractivity contribution in [3.8, 4) is 0 Å². The normalized spacial score (nSPS) is 12.5. The van der Waals surface area contributed by atoms with E-state index in [9.17, 15) is 0 Å². The smallest absolute Gasteiger partial charge is 0.0301 e. The number of benzene rings is 3. The highest BCUT2D eigenvalue weighted by Crippen LogP contribution is 2.24. The summed E-state index contributed by atoms with van der Waals surface area (Å²) in [6, 6.07) is 24.1. The SMILES string of the molecule is CC(NCc1cccc(I)c1)c1cccc2ccccc12. The van der Waals surface area contributed by atoms with Gasteiger partial charge in [-0.15, -0.1) is 0 Å². The Hall–Kier alpha value is -1.39. The third-order valence-corrected chi connectivity index (χ3v) is 4.46. The molecular formula is C19H18IN. The maximum absolute atomic E-state index is 3.63. The van der Waals surface area contributed by atoms with Crippen LogP contribution in [0, 0.1) is 3.57 Å². The van der Waals surface area contributed by atoms with Gasteiger partial charge < -0.3 is 5.32 Å². The van der Waals surface area contributed by atoms with E-state index in [4.69, 9.17) is 0 Å². The van der Waals surface area contributed by atoms with Crippen LogP contribution < -0.4 is 5.32 Å². The molecule has 2 heteroatoms. The number of rotatable bonds is 4. The van der Waals surface area contributed by atoms with Crippen molar-refractivity contribution in [1.29, 1.82) is 0 Å². The van der Waals surface area contributed by atoms with Gasteiger partial charge in [-0.1, -0.05) is 54.6 Å². The van der Waals surface area contributed by atoms with E-state index in [1.54, 1.807) is 0 Å². The van der Waals surface area contributed by atoms with Gasteiger partial charge in [-0.25, -0.2) is 0 Å². The topological polar surface area (TPSA) is 12.0 Å². The summed E-state index contributed by atoms with van der Waals surface area (Å²) in [5.41, 5.74) is 2.69. The molecule has 0 saturated heterocycles. The molecule has 0 fully saturated rings. The molecule has 0 saturated carbocycles. The summed E-state index contributed by atoms with van der Waals surface area (Å²) >= 11 is 2.36. The highest BCUT2D eigenvalue weighted by atomic mass is 127. The van der Waals surface area contributed by atoms with Crippen molar-refractivity contribution in [3.05, 3.63) is 81.4 Å². The number of hydrogen-bond donors (Lipinski definition) is 1. The lowest BCUT2D eigenvalue weighted by Gasteiger charge is -2.17. The minimum atomic E-state index is 0.328. The molecule has 3 aromatic rings. The predicted molar refractivity (Wildman–Crippen MR) is 98.4 cm³/mol. The van der Waals surface area contributed by atoms with Crippen LogP contribution in [-0.2, 0) is 6.54 Å². The summed E-state index contributed by atoms with van der Waals surface area (Å²) in [6.07, 6.45) is 0. The van der Waals surface area contributed by atoms with Gasteiger partial charge in [0.2, 0.25) is 0 Å². The fraction of sp³-hybridized carbons (Fsp3) is 0.158. The summed E-state index contributed by atoms with van der Waals surface area (Å²) in [5, 5.41) is 6.27. The van der Waals surface area contributed by atoms with Crippen molar-refractivity contribution in [2.75, 3.05) is 0 Å². The molecule has 0 aliphatic carbocycles. The fourth-order valence-corrected chi connectivity index (χ4v) is 3.26. The third-order valence-electron chi connectivity index (χ3n) is 3.79. The molecule has 0 radical (unpaired) electrons. The van der Waals surface area contributed by atoms with Gasteiger partial charge in [-0.2, -0.15) is 0 Å². The molecule has 1 nitrogen and oxygen atoms in total. The Balaban J connectivity index is 1.79. The first-order valence-electron chi connectivity index (χ1n) is 7.19. The molecule has 0 amide bonds. The molecule has 3 rings (SSSR count). The summed E-state index contributed by atoms with van der Waals surface area (Å²) in [5.74, 6) is 0. The third kappa shape index (κ3) is 3.44. The zero-order valence-corrected chi connectivity index (χ0v) is 14.2. The Bertz CT molecular complexity index is 746. The van der Waals surface area contributed by atoms with Crippen LogP contribution in [0.4, 0.5) is 0 Å². The Morgan fingerprint density at radius 3 is 2.57 bits per heavy atom. The molecule has 0 bridgehead atoms. The largest absolute Gasteiger partial charge is 0.306 e. The second-order valence-electron chi connectivity index (χ2n) is 5.30. The monoisotopic (exact) mass is 387 g/mol. The van der Waals surface area contributed by atoms with E-state index >= 15 is 0 Å². The number of fused-ring (bicyclic) bond motifs is 1. The van der Waals surface area contributed by atoms with E-state index in [2.05, 4.69) is 102 Å². The van der Waals surface area contributed by atoms with Crippen LogP contribution in [0.15, 0.2) is 66.7 Å². The lowest BCUT2D eigenvalue weighted by molar-refractivity contribution is 0.578. The van der Waals surface area contributed by atoms with Crippen LogP contribution in [0.2, 0.25) is 0 Å². The molecule has 1 N–H and O–H groups in total. The van der Waals surface area contributed by atoms with Gasteiger partial charge in [-0.05, 0) is 63.5 Å². The summed E-state index contributed by atoms with van der Waals surface area (Å²) in [7, 11) is 0. The Kier molecular flexibility index (Phi) is 4.56. The average molecular weight is 387 g/mol. The molecule has 106 valence electrons. The first-order valence-corrected chi connectivity index (χ1v) is 8.27. The number of nitrogens with one attached hydrogen (secondary N) is 1. The average Bonchev–Trinajstić information content (AvgIpc) is 2.52. The van der Waals surface area contributed by atoms with Gasteiger partial charge in [-0.3, -0.25) is 0 Å². The van der Waals surface area contributed by atoms with Gasteiger partial charge >= 0.3 is 0 Å². The van der Waals surface area contributed by atoms with Crippen molar-refractivity contribution < 1.29 is 0 Å². The van der Waals surface area contributed by atoms with Gasteiger partial charge in [0.1, 0.15) is 0 Å². The van der Waals surface area contributed by atoms with Gasteiger partial charge in [0, 0.05) is 16.2 Å². The Morgan fingerprint density at radius 1 is 0.952 bits per heavy atom. The fourth-order valence-electron chi connectivity index (χ4n) is 2.66. The van der Waals surface area contributed by atoms with Crippen LogP contribution in [0.5, 0.6) is 0 Å². The van der Waals surface area contributed by atoms with E-state index in [0.717, 1.165) is 6.54 Å². The molecule has 0 spiro atoms. The molecule has 21 heavy (non-hydrogen) atoms. The standard InChI is InChI=1S/C19H18IN/c1-14(21-13-15-6-4-9-17(20)12-15)18-11-5-8-16-7-2-3-10-19(16)18/h2-12,14,21H,13H2,1H3. The van der Waals surface area contributed by atoms with Crippen molar-refractivity contribution >= 4 is 33.4 Å². The minimum Gasteiger partial charge on any atom is -0.306 e. The van der Waals surface area contributed by atoms with E-state index in [1.165, 1.54) is 25.5 Å². The van der Waals surface area contributed by atoms with Crippen LogP contribution in [-0.4, -0.2) is 0 Å². The van der Waals surface area contributed by atoms with Crippen molar-refractivity contribution in [1.82, 2.24) is 5.32 Å². The first kappa shape index (κ1) is 14.5. The van der Waals surface area contributed by atoms with E-state index in [0.29, 0.717) is 6.04 Å². The maximum Gasteiger partial charge on any atom is 0.0301 e. The Labute approximate surface area is 139 Å². The molecule has 0 aliphatic heterocycles. The second-order valence-corrected chi connectivity index (χ2v) is 6.55. The van der Waals surface area contributed by atoms with Crippen LogP contribution in [0.25, 0.3) is 10.8 Å². The Morgan fingerprint density at radius 2 is 1.71 bits per heavy atom. The molecular weight excluding hydrogens is 369 g/mol. The van der Waals surface area contributed by atoms with Gasteiger partial charge in [0.05, 0.1) is 0 Å². The maximum atomic E-state index is 3.63. The lowest BCUT2D eigenvalue weighted by atomic mass is 9.99. The molecule has 0 aromatic heterocycles. The predicted octanol–water partition coefficient (Wildman–Crippen LogP) is 5.30. The van der Waals surface area contributed by atoms with Gasteiger partial charge in [0.25, 0.3) is 0 Å². The highest BCUT2D eigenvalue weighted by Gasteiger charge is 2.08. The summed E-state index contributed by atoms with van der Waals surface area (Å²) < 4.78 is 1.28. The van der Waals surface area contributed by atoms with Crippen LogP contribution in [0.1, 0.15) is 24.1 Å². The quantitative estimate of drug-likeness (QED) is 0.600. The summed E-state index contributed by atoms with van der Waals surface area (Å²) in [6.45, 7) is 3.12. The number of halogens is 1. The van der Waals surface area contributed by atoms with E-state index in [1.807, 2.05) is 0 Å². The first-order chi connectivity index (χ1) is 10.2. The molecule has 0 heterocycles. The summed E-state index contributed by atoms with van der Waals surface area (Å²) in [4.78, 5) is 0. The number of hydrogen-bond acceptors (Lipinski definition) is 1. The molecule has 1 atom stereocenters. The van der Waals surface area contributed by atoms with Crippen molar-refractivity contribution in [2.45, 2.75) is 19.5 Å².